The van der Waals surface area contributed by atoms with Crippen molar-refractivity contribution in [3.8, 4) is 0 Å². The first-order valence-corrected chi connectivity index (χ1v) is 10.7. The van der Waals surface area contributed by atoms with Crippen molar-refractivity contribution in [3.05, 3.63) is 66.0 Å². The van der Waals surface area contributed by atoms with E-state index in [4.69, 9.17) is 9.72 Å². The number of para-hydroxylation sites is 2. The van der Waals surface area contributed by atoms with E-state index in [0.29, 0.717) is 13.2 Å². The molecule has 2 aliphatic rings. The summed E-state index contributed by atoms with van der Waals surface area (Å²) in [7, 11) is 0. The molecule has 0 radical (unpaired) electrons. The van der Waals surface area contributed by atoms with Gasteiger partial charge in [0.25, 0.3) is 0 Å². The number of fused-ring (bicyclic) bond motifs is 1. The van der Waals surface area contributed by atoms with Gasteiger partial charge in [-0.3, -0.25) is 9.69 Å². The summed E-state index contributed by atoms with van der Waals surface area (Å²) in [6.45, 7) is 8.01. The fourth-order valence-electron chi connectivity index (χ4n) is 4.41. The van der Waals surface area contributed by atoms with Crippen LogP contribution in [-0.2, 0) is 22.6 Å². The number of aromatic nitrogens is 2. The summed E-state index contributed by atoms with van der Waals surface area (Å²) < 4.78 is 7.60. The third-order valence-corrected chi connectivity index (χ3v) is 6.30. The Morgan fingerprint density at radius 3 is 2.37 bits per heavy atom. The predicted molar refractivity (Wildman–Crippen MR) is 116 cm³/mol. The SMILES string of the molecule is CC1(C(=O)N2CCN(Cc3nc4ccccc4n3Cc3ccccc3)CC2)COC1. The molecular formula is C24H28N4O2. The summed E-state index contributed by atoms with van der Waals surface area (Å²) in [4.78, 5) is 22.1. The van der Waals surface area contributed by atoms with Crippen molar-refractivity contribution >= 4 is 16.9 Å². The molecule has 0 spiro atoms. The van der Waals surface area contributed by atoms with E-state index in [1.54, 1.807) is 0 Å². The van der Waals surface area contributed by atoms with Gasteiger partial charge >= 0.3 is 0 Å². The maximum atomic E-state index is 12.8. The Balaban J connectivity index is 1.31. The number of rotatable bonds is 5. The maximum absolute atomic E-state index is 12.8. The van der Waals surface area contributed by atoms with E-state index in [1.807, 2.05) is 24.0 Å². The van der Waals surface area contributed by atoms with Gasteiger partial charge in [-0.25, -0.2) is 4.98 Å². The zero-order valence-corrected chi connectivity index (χ0v) is 17.5. The number of hydrogen-bond donors (Lipinski definition) is 0. The van der Waals surface area contributed by atoms with Crippen molar-refractivity contribution in [1.82, 2.24) is 19.4 Å². The van der Waals surface area contributed by atoms with Crippen LogP contribution in [0.1, 0.15) is 18.3 Å². The Bertz CT molecular complexity index is 1030. The van der Waals surface area contributed by atoms with Crippen LogP contribution in [0, 0.1) is 5.41 Å². The summed E-state index contributed by atoms with van der Waals surface area (Å²) in [5.74, 6) is 1.32. The lowest BCUT2D eigenvalue weighted by Gasteiger charge is -2.43. The third kappa shape index (κ3) is 3.61. The minimum absolute atomic E-state index is 0.240. The topological polar surface area (TPSA) is 50.6 Å². The molecule has 0 atom stereocenters. The average molecular weight is 405 g/mol. The van der Waals surface area contributed by atoms with Crippen molar-refractivity contribution in [1.29, 1.82) is 0 Å². The monoisotopic (exact) mass is 404 g/mol. The van der Waals surface area contributed by atoms with Crippen molar-refractivity contribution in [3.63, 3.8) is 0 Å². The highest BCUT2D eigenvalue weighted by atomic mass is 16.5. The molecule has 5 rings (SSSR count). The summed E-state index contributed by atoms with van der Waals surface area (Å²) in [6.07, 6.45) is 0. The first-order valence-electron chi connectivity index (χ1n) is 10.7. The molecule has 6 nitrogen and oxygen atoms in total. The van der Waals surface area contributed by atoms with Gasteiger partial charge in [0, 0.05) is 32.7 Å². The normalized spacial score (nSPS) is 19.0. The van der Waals surface area contributed by atoms with Gasteiger partial charge in [0.15, 0.2) is 0 Å². The number of piperazine rings is 1. The van der Waals surface area contributed by atoms with E-state index in [0.717, 1.165) is 50.6 Å². The molecule has 2 aliphatic heterocycles. The van der Waals surface area contributed by atoms with E-state index in [2.05, 4.69) is 51.9 Å². The summed E-state index contributed by atoms with van der Waals surface area (Å²) in [6, 6.07) is 18.9. The summed E-state index contributed by atoms with van der Waals surface area (Å²) in [5.41, 5.74) is 3.16. The van der Waals surface area contributed by atoms with Gasteiger partial charge in [0.05, 0.1) is 36.2 Å². The first-order chi connectivity index (χ1) is 14.6. The van der Waals surface area contributed by atoms with Crippen LogP contribution < -0.4 is 0 Å². The molecule has 3 aromatic rings. The van der Waals surface area contributed by atoms with Crippen LogP contribution in [0.15, 0.2) is 54.6 Å². The van der Waals surface area contributed by atoms with E-state index in [-0.39, 0.29) is 11.3 Å². The fourth-order valence-corrected chi connectivity index (χ4v) is 4.41. The highest BCUT2D eigenvalue weighted by Gasteiger charge is 2.44. The zero-order valence-electron chi connectivity index (χ0n) is 17.5. The molecule has 0 N–H and O–H groups in total. The Hall–Kier alpha value is -2.70. The number of nitrogens with zero attached hydrogens (tertiary/aromatic N) is 4. The van der Waals surface area contributed by atoms with Gasteiger partial charge < -0.3 is 14.2 Å². The van der Waals surface area contributed by atoms with Crippen LogP contribution in [0.25, 0.3) is 11.0 Å². The van der Waals surface area contributed by atoms with Crippen molar-refractivity contribution in [2.45, 2.75) is 20.0 Å². The van der Waals surface area contributed by atoms with Gasteiger partial charge in [0.2, 0.25) is 5.91 Å². The Morgan fingerprint density at radius 1 is 0.967 bits per heavy atom. The number of carbonyl (C=O) groups excluding carboxylic acids is 1. The number of benzene rings is 2. The number of hydrogen-bond acceptors (Lipinski definition) is 4. The van der Waals surface area contributed by atoms with Crippen LogP contribution >= 0.6 is 0 Å². The van der Waals surface area contributed by atoms with E-state index in [9.17, 15) is 4.79 Å². The average Bonchev–Trinajstić information content (AvgIpc) is 3.10. The van der Waals surface area contributed by atoms with Crippen LogP contribution in [0.5, 0.6) is 0 Å². The molecule has 3 heterocycles. The molecule has 0 saturated carbocycles. The van der Waals surface area contributed by atoms with Crippen LogP contribution in [0.3, 0.4) is 0 Å². The van der Waals surface area contributed by atoms with Crippen LogP contribution in [0.2, 0.25) is 0 Å². The van der Waals surface area contributed by atoms with Gasteiger partial charge in [-0.2, -0.15) is 0 Å². The largest absolute Gasteiger partial charge is 0.379 e. The second-order valence-electron chi connectivity index (χ2n) is 8.71. The molecule has 1 amide bonds. The quantitative estimate of drug-likeness (QED) is 0.656. The number of amides is 1. The van der Waals surface area contributed by atoms with Gasteiger partial charge in [-0.05, 0) is 24.6 Å². The fraction of sp³-hybridized carbons (Fsp3) is 0.417. The molecule has 0 bridgehead atoms. The van der Waals surface area contributed by atoms with Gasteiger partial charge in [-0.15, -0.1) is 0 Å². The standard InChI is InChI=1S/C24H28N4O2/c1-24(17-30-18-24)23(29)27-13-11-26(12-14-27)16-22-25-20-9-5-6-10-21(20)28(22)15-19-7-3-2-4-8-19/h2-10H,11-18H2,1H3. The van der Waals surface area contributed by atoms with Gasteiger partial charge in [-0.1, -0.05) is 42.5 Å². The predicted octanol–water partition coefficient (Wildman–Crippen LogP) is 2.77. The van der Waals surface area contributed by atoms with Crippen LogP contribution in [-0.4, -0.2) is 64.7 Å². The van der Waals surface area contributed by atoms with E-state index < -0.39 is 0 Å². The number of carbonyl (C=O) groups is 1. The zero-order chi connectivity index (χ0) is 20.6. The lowest BCUT2D eigenvalue weighted by Crippen LogP contribution is -2.57. The molecule has 6 heteroatoms. The second kappa shape index (κ2) is 7.85. The second-order valence-corrected chi connectivity index (χ2v) is 8.71. The Kier molecular flexibility index (Phi) is 5.05. The molecule has 0 aliphatic carbocycles. The first kappa shape index (κ1) is 19.3. The van der Waals surface area contributed by atoms with Crippen molar-refractivity contribution in [2.24, 2.45) is 5.41 Å². The Morgan fingerprint density at radius 2 is 1.67 bits per heavy atom. The number of ether oxygens (including phenoxy) is 1. The smallest absolute Gasteiger partial charge is 0.233 e. The van der Waals surface area contributed by atoms with Crippen molar-refractivity contribution < 1.29 is 9.53 Å². The molecule has 2 fully saturated rings. The molecule has 0 unspecified atom stereocenters. The van der Waals surface area contributed by atoms with Gasteiger partial charge in [0.1, 0.15) is 5.82 Å². The molecule has 1 aromatic heterocycles. The van der Waals surface area contributed by atoms with E-state index >= 15 is 0 Å². The summed E-state index contributed by atoms with van der Waals surface area (Å²) in [5, 5.41) is 0. The summed E-state index contributed by atoms with van der Waals surface area (Å²) >= 11 is 0. The third-order valence-electron chi connectivity index (χ3n) is 6.30. The molecule has 156 valence electrons. The molecular weight excluding hydrogens is 376 g/mol. The highest BCUT2D eigenvalue weighted by Crippen LogP contribution is 2.29. The molecule has 2 aromatic carbocycles. The van der Waals surface area contributed by atoms with Crippen molar-refractivity contribution in [2.75, 3.05) is 39.4 Å². The molecule has 2 saturated heterocycles. The lowest BCUT2D eigenvalue weighted by molar-refractivity contribution is -0.170. The highest BCUT2D eigenvalue weighted by molar-refractivity contribution is 5.83. The Labute approximate surface area is 177 Å². The minimum atomic E-state index is -0.314. The van der Waals surface area contributed by atoms with E-state index in [1.165, 1.54) is 11.1 Å². The maximum Gasteiger partial charge on any atom is 0.233 e. The molecule has 30 heavy (non-hydrogen) atoms. The lowest BCUT2D eigenvalue weighted by atomic mass is 9.86. The van der Waals surface area contributed by atoms with Crippen LogP contribution in [0.4, 0.5) is 0 Å². The minimum Gasteiger partial charge on any atom is -0.379 e. The number of imidazole rings is 1.